The summed E-state index contributed by atoms with van der Waals surface area (Å²) in [7, 11) is 1.69. The van der Waals surface area contributed by atoms with Gasteiger partial charge in [-0.15, -0.1) is 10.2 Å². The van der Waals surface area contributed by atoms with Crippen molar-refractivity contribution < 1.29 is 9.59 Å². The number of benzene rings is 1. The predicted molar refractivity (Wildman–Crippen MR) is 94.7 cm³/mol. The number of fused-ring (bicyclic) bond motifs is 2. The van der Waals surface area contributed by atoms with E-state index < -0.39 is 11.8 Å². The number of amides is 2. The number of carbonyl (C=O) groups is 2. The molecule has 1 heterocycles. The number of tetrazole rings is 1. The average molecular weight is 352 g/mol. The van der Waals surface area contributed by atoms with Crippen molar-refractivity contribution in [2.75, 3.05) is 11.9 Å². The third-order valence-electron chi connectivity index (χ3n) is 5.06. The number of hydrogen-bond donors (Lipinski definition) is 2. The van der Waals surface area contributed by atoms with Gasteiger partial charge in [0.05, 0.1) is 7.05 Å². The lowest BCUT2D eigenvalue weighted by Crippen LogP contribution is -2.38. The molecule has 1 fully saturated rings. The summed E-state index contributed by atoms with van der Waals surface area (Å²) >= 11 is 0. The molecule has 2 bridgehead atoms. The molecule has 26 heavy (non-hydrogen) atoms. The van der Waals surface area contributed by atoms with Gasteiger partial charge in [0.2, 0.25) is 5.82 Å². The van der Waals surface area contributed by atoms with E-state index in [1.54, 1.807) is 31.3 Å². The predicted octanol–water partition coefficient (Wildman–Crippen LogP) is 1.14. The zero-order valence-electron chi connectivity index (χ0n) is 14.4. The van der Waals surface area contributed by atoms with Crippen molar-refractivity contribution in [3.8, 4) is 11.4 Å². The van der Waals surface area contributed by atoms with Crippen LogP contribution >= 0.6 is 0 Å². The van der Waals surface area contributed by atoms with Crippen molar-refractivity contribution in [1.82, 2.24) is 25.5 Å². The van der Waals surface area contributed by atoms with Crippen molar-refractivity contribution in [2.45, 2.75) is 12.8 Å². The van der Waals surface area contributed by atoms with E-state index in [2.05, 4.69) is 38.2 Å². The number of hydrogen-bond acceptors (Lipinski definition) is 5. The molecule has 8 heteroatoms. The number of rotatable bonds is 4. The van der Waals surface area contributed by atoms with Gasteiger partial charge in [-0.05, 0) is 60.1 Å². The normalized spacial score (nSPS) is 23.2. The van der Waals surface area contributed by atoms with E-state index in [4.69, 9.17) is 0 Å². The molecule has 2 aliphatic rings. The van der Waals surface area contributed by atoms with Crippen LogP contribution < -0.4 is 10.6 Å². The molecule has 2 aliphatic carbocycles. The first-order valence-corrected chi connectivity index (χ1v) is 8.70. The lowest BCUT2D eigenvalue weighted by atomic mass is 9.94. The van der Waals surface area contributed by atoms with Crippen LogP contribution in [0, 0.1) is 17.8 Å². The lowest BCUT2D eigenvalue weighted by Gasteiger charge is -2.18. The minimum Gasteiger partial charge on any atom is -0.348 e. The maximum atomic E-state index is 12.1. The standard InChI is InChI=1S/C18H20N6O2/c1-24-22-16(21-23-24)12-4-6-15(7-5-12)20-18(26)17(25)19-10-14-9-11-2-3-13(14)8-11/h2-7,11,13-14H,8-10H2,1H3,(H,19,25)(H,20,26). The Morgan fingerprint density at radius 3 is 2.58 bits per heavy atom. The fourth-order valence-electron chi connectivity index (χ4n) is 3.72. The van der Waals surface area contributed by atoms with Crippen LogP contribution in [-0.2, 0) is 16.6 Å². The van der Waals surface area contributed by atoms with Crippen molar-refractivity contribution in [2.24, 2.45) is 24.8 Å². The zero-order valence-corrected chi connectivity index (χ0v) is 14.4. The van der Waals surface area contributed by atoms with E-state index in [9.17, 15) is 9.59 Å². The van der Waals surface area contributed by atoms with Crippen molar-refractivity contribution in [3.05, 3.63) is 36.4 Å². The highest BCUT2D eigenvalue weighted by atomic mass is 16.2. The first kappa shape index (κ1) is 16.4. The minimum atomic E-state index is -0.658. The summed E-state index contributed by atoms with van der Waals surface area (Å²) in [5, 5.41) is 17.2. The third kappa shape index (κ3) is 3.35. The zero-order chi connectivity index (χ0) is 18.1. The van der Waals surface area contributed by atoms with E-state index in [0.29, 0.717) is 35.8 Å². The van der Waals surface area contributed by atoms with Gasteiger partial charge in [-0.2, -0.15) is 4.80 Å². The van der Waals surface area contributed by atoms with Gasteiger partial charge >= 0.3 is 11.8 Å². The molecular weight excluding hydrogens is 332 g/mol. The Bertz CT molecular complexity index is 857. The van der Waals surface area contributed by atoms with E-state index in [0.717, 1.165) is 12.0 Å². The molecule has 1 aromatic heterocycles. The molecule has 2 N–H and O–H groups in total. The van der Waals surface area contributed by atoms with Gasteiger partial charge in [-0.1, -0.05) is 12.2 Å². The number of nitrogens with zero attached hydrogens (tertiary/aromatic N) is 4. The van der Waals surface area contributed by atoms with Gasteiger partial charge in [0.25, 0.3) is 0 Å². The highest BCUT2D eigenvalue weighted by molar-refractivity contribution is 6.39. The van der Waals surface area contributed by atoms with E-state index in [1.165, 1.54) is 11.2 Å². The molecule has 0 aliphatic heterocycles. The quantitative estimate of drug-likeness (QED) is 0.635. The van der Waals surface area contributed by atoms with E-state index >= 15 is 0 Å². The van der Waals surface area contributed by atoms with Gasteiger partial charge < -0.3 is 10.6 Å². The molecule has 4 rings (SSSR count). The fraction of sp³-hybridized carbons (Fsp3) is 0.389. The van der Waals surface area contributed by atoms with Crippen LogP contribution in [0.2, 0.25) is 0 Å². The van der Waals surface area contributed by atoms with Gasteiger partial charge in [0.15, 0.2) is 0 Å². The smallest absolute Gasteiger partial charge is 0.313 e. The van der Waals surface area contributed by atoms with Crippen LogP contribution in [0.3, 0.4) is 0 Å². The first-order valence-electron chi connectivity index (χ1n) is 8.70. The molecule has 0 saturated heterocycles. The molecule has 1 aromatic carbocycles. The molecule has 3 atom stereocenters. The Kier molecular flexibility index (Phi) is 4.24. The van der Waals surface area contributed by atoms with Crippen LogP contribution in [0.1, 0.15) is 12.8 Å². The number of aryl methyl sites for hydroxylation is 1. The van der Waals surface area contributed by atoms with Gasteiger partial charge in [0.1, 0.15) is 0 Å². The van der Waals surface area contributed by atoms with E-state index in [-0.39, 0.29) is 0 Å². The summed E-state index contributed by atoms with van der Waals surface area (Å²) in [5.74, 6) is 0.887. The summed E-state index contributed by atoms with van der Waals surface area (Å²) in [6.07, 6.45) is 6.77. The van der Waals surface area contributed by atoms with Crippen LogP contribution in [0.15, 0.2) is 36.4 Å². The second kappa shape index (κ2) is 6.70. The summed E-state index contributed by atoms with van der Waals surface area (Å²) in [5.41, 5.74) is 1.32. The molecule has 8 nitrogen and oxygen atoms in total. The third-order valence-corrected chi connectivity index (χ3v) is 5.06. The Labute approximate surface area is 150 Å². The fourth-order valence-corrected chi connectivity index (χ4v) is 3.72. The second-order valence-corrected chi connectivity index (χ2v) is 6.88. The minimum absolute atomic E-state index is 0.445. The summed E-state index contributed by atoms with van der Waals surface area (Å²) < 4.78 is 0. The molecule has 2 amide bonds. The Balaban J connectivity index is 1.29. The average Bonchev–Trinajstić information content (AvgIpc) is 3.37. The van der Waals surface area contributed by atoms with Crippen LogP contribution in [0.25, 0.3) is 11.4 Å². The topological polar surface area (TPSA) is 102 Å². The number of aromatic nitrogens is 4. The number of anilines is 1. The Hall–Kier alpha value is -3.03. The maximum Gasteiger partial charge on any atom is 0.313 e. The summed E-state index contributed by atoms with van der Waals surface area (Å²) in [6, 6.07) is 6.95. The first-order chi connectivity index (χ1) is 12.6. The van der Waals surface area contributed by atoms with Gasteiger partial charge in [0, 0.05) is 17.8 Å². The molecule has 1 saturated carbocycles. The monoisotopic (exact) mass is 352 g/mol. The van der Waals surface area contributed by atoms with E-state index in [1.807, 2.05) is 0 Å². The largest absolute Gasteiger partial charge is 0.348 e. The second-order valence-electron chi connectivity index (χ2n) is 6.88. The SMILES string of the molecule is Cn1nnc(-c2ccc(NC(=O)C(=O)NCC3CC4C=CC3C4)cc2)n1. The molecule has 0 spiro atoms. The molecular formula is C18H20N6O2. The molecule has 0 radical (unpaired) electrons. The molecule has 2 aromatic rings. The lowest BCUT2D eigenvalue weighted by molar-refractivity contribution is -0.136. The highest BCUT2D eigenvalue weighted by Gasteiger charge is 2.35. The van der Waals surface area contributed by atoms with Gasteiger partial charge in [-0.3, -0.25) is 9.59 Å². The summed E-state index contributed by atoms with van der Waals surface area (Å²) in [6.45, 7) is 0.551. The molecule has 134 valence electrons. The van der Waals surface area contributed by atoms with Crippen LogP contribution in [0.5, 0.6) is 0 Å². The molecule has 3 unspecified atom stereocenters. The van der Waals surface area contributed by atoms with Crippen LogP contribution in [-0.4, -0.2) is 38.6 Å². The Morgan fingerprint density at radius 1 is 1.15 bits per heavy atom. The number of carbonyl (C=O) groups excluding carboxylic acids is 2. The number of nitrogens with one attached hydrogen (secondary N) is 2. The van der Waals surface area contributed by atoms with Crippen molar-refractivity contribution >= 4 is 17.5 Å². The van der Waals surface area contributed by atoms with Crippen LogP contribution in [0.4, 0.5) is 5.69 Å². The maximum absolute atomic E-state index is 12.1. The van der Waals surface area contributed by atoms with Crippen molar-refractivity contribution in [1.29, 1.82) is 0 Å². The number of allylic oxidation sites excluding steroid dienone is 2. The van der Waals surface area contributed by atoms with Crippen molar-refractivity contribution in [3.63, 3.8) is 0 Å². The summed E-state index contributed by atoms with van der Waals surface area (Å²) in [4.78, 5) is 25.5. The Morgan fingerprint density at radius 2 is 1.96 bits per heavy atom. The highest BCUT2D eigenvalue weighted by Crippen LogP contribution is 2.42. The van der Waals surface area contributed by atoms with Gasteiger partial charge in [-0.25, -0.2) is 0 Å².